The van der Waals surface area contributed by atoms with Crippen LogP contribution in [0.4, 0.5) is 4.39 Å². The zero-order chi connectivity index (χ0) is 30.1. The van der Waals surface area contributed by atoms with E-state index in [4.69, 9.17) is 9.47 Å². The zero-order valence-electron chi connectivity index (χ0n) is 25.6. The second-order valence-corrected chi connectivity index (χ2v) is 13.8. The van der Waals surface area contributed by atoms with Gasteiger partial charge < -0.3 is 9.47 Å². The van der Waals surface area contributed by atoms with Gasteiger partial charge in [-0.05, 0) is 82.8 Å². The average Bonchev–Trinajstić information content (AvgIpc) is 3.76. The van der Waals surface area contributed by atoms with Crippen molar-refractivity contribution in [3.63, 3.8) is 0 Å². The minimum absolute atomic E-state index is 0.181. The van der Waals surface area contributed by atoms with E-state index in [0.717, 1.165) is 30.9 Å². The van der Waals surface area contributed by atoms with E-state index in [1.807, 2.05) is 35.6 Å². The molecule has 1 aliphatic heterocycles. The van der Waals surface area contributed by atoms with E-state index in [0.29, 0.717) is 17.8 Å². The molecule has 3 heterocycles. The Bertz CT molecular complexity index is 1460. The third-order valence-corrected chi connectivity index (χ3v) is 9.93. The normalized spacial score (nSPS) is 14.6. The number of fused-ring (bicyclic) bond motifs is 1. The summed E-state index contributed by atoms with van der Waals surface area (Å²) < 4.78 is 25.2. The Kier molecular flexibility index (Phi) is 11.8. The number of hydrogen-bond donors (Lipinski definition) is 0. The maximum absolute atomic E-state index is 12.7. The number of hydrogen-bond acceptors (Lipinski definition) is 4. The van der Waals surface area contributed by atoms with Crippen molar-refractivity contribution in [2.45, 2.75) is 71.8 Å². The Hall–Kier alpha value is -2.99. The molecule has 0 radical (unpaired) electrons. The van der Waals surface area contributed by atoms with Crippen molar-refractivity contribution in [1.29, 1.82) is 0 Å². The molecule has 222 valence electrons. The highest BCUT2D eigenvalue weighted by molar-refractivity contribution is 7.19. The van der Waals surface area contributed by atoms with Crippen molar-refractivity contribution < 1.29 is 13.9 Å². The summed E-state index contributed by atoms with van der Waals surface area (Å²) >= 11 is 3.68. The molecule has 2 aromatic heterocycles. The number of halogens is 1. The van der Waals surface area contributed by atoms with Gasteiger partial charge in [0.1, 0.15) is 17.7 Å². The molecule has 1 aliphatic rings. The van der Waals surface area contributed by atoms with E-state index in [9.17, 15) is 4.39 Å². The van der Waals surface area contributed by atoms with Crippen LogP contribution in [0.1, 0.15) is 81.0 Å². The summed E-state index contributed by atoms with van der Waals surface area (Å²) in [4.78, 5) is 4.06. The first kappa shape index (κ1) is 31.9. The molecule has 1 saturated heterocycles. The molecule has 3 aromatic carbocycles. The van der Waals surface area contributed by atoms with E-state index < -0.39 is 0 Å². The minimum Gasteiger partial charge on any atom is -0.488 e. The topological polar surface area (TPSA) is 18.5 Å². The summed E-state index contributed by atoms with van der Waals surface area (Å²) in [5.74, 6) is 2.56. The van der Waals surface area contributed by atoms with E-state index in [2.05, 4.69) is 96.1 Å². The predicted octanol–water partition coefficient (Wildman–Crippen LogP) is 11.7. The van der Waals surface area contributed by atoms with Gasteiger partial charge in [-0.1, -0.05) is 84.0 Å². The third-order valence-electron chi connectivity index (χ3n) is 7.08. The van der Waals surface area contributed by atoms with Gasteiger partial charge in [-0.2, -0.15) is 0 Å². The van der Waals surface area contributed by atoms with Crippen molar-refractivity contribution >= 4 is 32.8 Å². The standard InChI is InChI=1S/C13H13FS.C13H18O2.C11H12S/c1-9(2)12-7-8-13(15-12)10-3-5-11(14)6-4-10;1-10(2)11-3-5-12(6-4-11)15-13-7-8-14-9-13;1-8(2)11-7-9-5-3-4-6-10(9)12-11/h3-9H,1-2H3;3-6,10,13H,7-9H2,1-2H3;3-8H,1-2H3/t;13-;/m.0./s1. The summed E-state index contributed by atoms with van der Waals surface area (Å²) in [5.41, 5.74) is 2.44. The van der Waals surface area contributed by atoms with Gasteiger partial charge in [0.05, 0.1) is 13.2 Å². The quantitative estimate of drug-likeness (QED) is 0.192. The molecule has 42 heavy (non-hydrogen) atoms. The molecular weight excluding hydrogens is 560 g/mol. The van der Waals surface area contributed by atoms with Crippen LogP contribution in [0, 0.1) is 5.82 Å². The summed E-state index contributed by atoms with van der Waals surface area (Å²) in [5, 5.41) is 1.38. The smallest absolute Gasteiger partial charge is 0.124 e. The number of rotatable bonds is 6. The van der Waals surface area contributed by atoms with E-state index in [1.54, 1.807) is 11.3 Å². The Morgan fingerprint density at radius 2 is 1.43 bits per heavy atom. The average molecular weight is 603 g/mol. The van der Waals surface area contributed by atoms with Crippen LogP contribution in [0.15, 0.2) is 91.0 Å². The fraction of sp³-hybridized carbons (Fsp3) is 0.351. The molecule has 6 rings (SSSR count). The maximum atomic E-state index is 12.7. The minimum atomic E-state index is -0.181. The summed E-state index contributed by atoms with van der Waals surface area (Å²) in [6.07, 6.45) is 1.25. The molecule has 0 unspecified atom stereocenters. The Morgan fingerprint density at radius 1 is 0.738 bits per heavy atom. The van der Waals surface area contributed by atoms with Crippen molar-refractivity contribution in [3.8, 4) is 16.2 Å². The summed E-state index contributed by atoms with van der Waals surface area (Å²) in [7, 11) is 0. The van der Waals surface area contributed by atoms with Crippen LogP contribution in [0.2, 0.25) is 0 Å². The highest BCUT2D eigenvalue weighted by Crippen LogP contribution is 2.32. The lowest BCUT2D eigenvalue weighted by Crippen LogP contribution is -2.15. The Balaban J connectivity index is 0.000000146. The zero-order valence-corrected chi connectivity index (χ0v) is 27.2. The van der Waals surface area contributed by atoms with Gasteiger partial charge in [-0.15, -0.1) is 22.7 Å². The van der Waals surface area contributed by atoms with Gasteiger partial charge in [0.15, 0.2) is 0 Å². The molecule has 0 amide bonds. The lowest BCUT2D eigenvalue weighted by Gasteiger charge is -2.12. The number of thiophene rings is 2. The van der Waals surface area contributed by atoms with Crippen molar-refractivity contribution in [2.24, 2.45) is 0 Å². The molecule has 2 nitrogen and oxygen atoms in total. The molecule has 0 aliphatic carbocycles. The van der Waals surface area contributed by atoms with E-state index in [1.165, 1.54) is 42.4 Å². The maximum Gasteiger partial charge on any atom is 0.124 e. The largest absolute Gasteiger partial charge is 0.488 e. The van der Waals surface area contributed by atoms with Gasteiger partial charge in [-0.25, -0.2) is 4.39 Å². The van der Waals surface area contributed by atoms with Crippen LogP contribution >= 0.6 is 22.7 Å². The van der Waals surface area contributed by atoms with Crippen molar-refractivity contribution in [3.05, 3.63) is 112 Å². The molecule has 5 heteroatoms. The van der Waals surface area contributed by atoms with Gasteiger partial charge in [0.2, 0.25) is 0 Å². The fourth-order valence-electron chi connectivity index (χ4n) is 4.45. The summed E-state index contributed by atoms with van der Waals surface area (Å²) in [6.45, 7) is 14.8. The molecule has 1 atom stereocenters. The van der Waals surface area contributed by atoms with Crippen LogP contribution in [-0.4, -0.2) is 19.3 Å². The van der Waals surface area contributed by atoms with Crippen LogP contribution in [-0.2, 0) is 4.74 Å². The molecule has 5 aromatic rings. The Morgan fingerprint density at radius 3 is 2.00 bits per heavy atom. The fourth-order valence-corrected chi connectivity index (χ4v) is 6.53. The van der Waals surface area contributed by atoms with E-state index in [-0.39, 0.29) is 11.9 Å². The van der Waals surface area contributed by atoms with Crippen LogP contribution in [0.5, 0.6) is 5.75 Å². The molecule has 0 N–H and O–H groups in total. The predicted molar refractivity (Wildman–Crippen MR) is 180 cm³/mol. The number of ether oxygens (including phenoxy) is 2. The molecule has 1 fully saturated rings. The molecular formula is C37H43FO2S2. The highest BCUT2D eigenvalue weighted by atomic mass is 32.1. The lowest BCUT2D eigenvalue weighted by atomic mass is 10.0. The SMILES string of the molecule is CC(C)c1cc2ccccc2s1.CC(C)c1ccc(-c2ccc(F)cc2)s1.CC(C)c1ccc(O[C@H]2CCOC2)cc1. The first-order valence-electron chi connectivity index (χ1n) is 14.9. The third kappa shape index (κ3) is 9.26. The van der Waals surface area contributed by atoms with Gasteiger partial charge >= 0.3 is 0 Å². The first-order chi connectivity index (χ1) is 20.2. The lowest BCUT2D eigenvalue weighted by molar-refractivity contribution is 0.141. The van der Waals surface area contributed by atoms with Crippen molar-refractivity contribution in [2.75, 3.05) is 13.2 Å². The van der Waals surface area contributed by atoms with Gasteiger partial charge in [-0.3, -0.25) is 0 Å². The summed E-state index contributed by atoms with van der Waals surface area (Å²) in [6, 6.07) is 30.1. The number of benzene rings is 3. The highest BCUT2D eigenvalue weighted by Gasteiger charge is 2.17. The van der Waals surface area contributed by atoms with Crippen molar-refractivity contribution in [1.82, 2.24) is 0 Å². The molecule has 0 bridgehead atoms. The second-order valence-electron chi connectivity index (χ2n) is 11.5. The van der Waals surface area contributed by atoms with Gasteiger partial charge in [0.25, 0.3) is 0 Å². The van der Waals surface area contributed by atoms with E-state index >= 15 is 0 Å². The van der Waals surface area contributed by atoms with Crippen LogP contribution in [0.25, 0.3) is 20.5 Å². The molecule has 0 saturated carbocycles. The molecule has 0 spiro atoms. The van der Waals surface area contributed by atoms with Gasteiger partial charge in [0, 0.05) is 25.8 Å². The monoisotopic (exact) mass is 602 g/mol. The van der Waals surface area contributed by atoms with Crippen LogP contribution in [0.3, 0.4) is 0 Å². The second kappa shape index (κ2) is 15.5. The van der Waals surface area contributed by atoms with Crippen LogP contribution < -0.4 is 4.74 Å². The first-order valence-corrected chi connectivity index (χ1v) is 16.5. The Labute approximate surface area is 259 Å².